The van der Waals surface area contributed by atoms with Gasteiger partial charge in [-0.1, -0.05) is 19.1 Å². The average molecular weight is 221 g/mol. The summed E-state index contributed by atoms with van der Waals surface area (Å²) in [4.78, 5) is 2.30. The first-order valence-corrected chi connectivity index (χ1v) is 5.84. The second-order valence-electron chi connectivity index (χ2n) is 4.53. The molecule has 0 aliphatic heterocycles. The molecule has 1 fully saturated rings. The lowest BCUT2D eigenvalue weighted by atomic mass is 10.3. The van der Waals surface area contributed by atoms with E-state index in [1.165, 1.54) is 18.4 Å². The minimum absolute atomic E-state index is 0.550. The van der Waals surface area contributed by atoms with Gasteiger partial charge in [-0.05, 0) is 36.7 Å². The molecule has 1 aromatic heterocycles. The normalized spacial score (nSPS) is 15.7. The summed E-state index contributed by atoms with van der Waals surface area (Å²) in [5.41, 5.74) is 1.17. The molecule has 2 rings (SSSR count). The molecule has 0 N–H and O–H groups in total. The number of aromatic nitrogens is 4. The topological polar surface area (TPSA) is 46.8 Å². The quantitative estimate of drug-likeness (QED) is 0.681. The molecule has 88 valence electrons. The lowest BCUT2D eigenvalue weighted by molar-refractivity contribution is 0.289. The standard InChI is InChI=1S/C11H19N5/c1-4-15(7-9(2)3)8-11-12-13-14-16(11)10-5-6-10/h10H,2,4-8H2,1,3H3. The van der Waals surface area contributed by atoms with Crippen molar-refractivity contribution in [2.24, 2.45) is 0 Å². The van der Waals surface area contributed by atoms with Crippen molar-refractivity contribution >= 4 is 0 Å². The molecule has 0 aromatic carbocycles. The Morgan fingerprint density at radius 1 is 1.56 bits per heavy atom. The Morgan fingerprint density at radius 2 is 2.31 bits per heavy atom. The lowest BCUT2D eigenvalue weighted by Crippen LogP contribution is -2.26. The van der Waals surface area contributed by atoms with Gasteiger partial charge in [0.2, 0.25) is 0 Å². The third-order valence-corrected chi connectivity index (χ3v) is 2.76. The molecule has 5 nitrogen and oxygen atoms in total. The van der Waals surface area contributed by atoms with Crippen LogP contribution in [0.5, 0.6) is 0 Å². The van der Waals surface area contributed by atoms with Crippen molar-refractivity contribution in [2.75, 3.05) is 13.1 Å². The van der Waals surface area contributed by atoms with Crippen LogP contribution in [-0.2, 0) is 6.54 Å². The number of nitrogens with zero attached hydrogens (tertiary/aromatic N) is 5. The second-order valence-corrected chi connectivity index (χ2v) is 4.53. The zero-order chi connectivity index (χ0) is 11.5. The highest BCUT2D eigenvalue weighted by molar-refractivity contribution is 4.95. The Labute approximate surface area is 96.1 Å². The molecule has 1 aliphatic carbocycles. The minimum atomic E-state index is 0.550. The molecular weight excluding hydrogens is 202 g/mol. The highest BCUT2D eigenvalue weighted by Gasteiger charge is 2.28. The van der Waals surface area contributed by atoms with Crippen molar-refractivity contribution in [2.45, 2.75) is 39.3 Å². The number of tetrazole rings is 1. The van der Waals surface area contributed by atoms with E-state index in [9.17, 15) is 0 Å². The molecule has 0 amide bonds. The molecule has 0 radical (unpaired) electrons. The molecule has 1 aliphatic rings. The predicted octanol–water partition coefficient (Wildman–Crippen LogP) is 1.41. The maximum atomic E-state index is 4.10. The van der Waals surface area contributed by atoms with Gasteiger partial charge < -0.3 is 0 Å². The van der Waals surface area contributed by atoms with E-state index < -0.39 is 0 Å². The van der Waals surface area contributed by atoms with Crippen molar-refractivity contribution in [3.63, 3.8) is 0 Å². The molecule has 1 aromatic rings. The molecule has 0 atom stereocenters. The Hall–Kier alpha value is -1.23. The van der Waals surface area contributed by atoms with E-state index in [2.05, 4.69) is 33.9 Å². The van der Waals surface area contributed by atoms with E-state index in [4.69, 9.17) is 0 Å². The van der Waals surface area contributed by atoms with Gasteiger partial charge >= 0.3 is 0 Å². The fourth-order valence-corrected chi connectivity index (χ4v) is 1.78. The molecule has 5 heteroatoms. The molecule has 16 heavy (non-hydrogen) atoms. The summed E-state index contributed by atoms with van der Waals surface area (Å²) in [7, 11) is 0. The van der Waals surface area contributed by atoms with Gasteiger partial charge in [-0.15, -0.1) is 5.10 Å². The summed E-state index contributed by atoms with van der Waals surface area (Å²) in [6, 6.07) is 0.550. The number of likely N-dealkylation sites (N-methyl/N-ethyl adjacent to an activating group) is 1. The molecule has 0 saturated heterocycles. The Bertz CT molecular complexity index is 366. The first kappa shape index (κ1) is 11.3. The third-order valence-electron chi connectivity index (χ3n) is 2.76. The van der Waals surface area contributed by atoms with Crippen LogP contribution in [0.2, 0.25) is 0 Å². The highest BCUT2D eigenvalue weighted by atomic mass is 15.6. The summed E-state index contributed by atoms with van der Waals surface area (Å²) in [6.45, 7) is 10.9. The molecule has 1 heterocycles. The monoisotopic (exact) mass is 221 g/mol. The van der Waals surface area contributed by atoms with Crippen molar-refractivity contribution in [3.8, 4) is 0 Å². The van der Waals surface area contributed by atoms with Crippen molar-refractivity contribution < 1.29 is 0 Å². The zero-order valence-electron chi connectivity index (χ0n) is 10.1. The van der Waals surface area contributed by atoms with Crippen molar-refractivity contribution in [3.05, 3.63) is 18.0 Å². The maximum absolute atomic E-state index is 4.10. The smallest absolute Gasteiger partial charge is 0.165 e. The van der Waals surface area contributed by atoms with E-state index in [0.717, 1.165) is 25.5 Å². The molecule has 0 bridgehead atoms. The second kappa shape index (κ2) is 4.74. The van der Waals surface area contributed by atoms with Crippen LogP contribution >= 0.6 is 0 Å². The highest BCUT2D eigenvalue weighted by Crippen LogP contribution is 2.34. The van der Waals surface area contributed by atoms with Crippen LogP contribution < -0.4 is 0 Å². The summed E-state index contributed by atoms with van der Waals surface area (Å²) in [5, 5.41) is 11.9. The summed E-state index contributed by atoms with van der Waals surface area (Å²) in [6.07, 6.45) is 2.43. The van der Waals surface area contributed by atoms with Gasteiger partial charge in [0.25, 0.3) is 0 Å². The van der Waals surface area contributed by atoms with Gasteiger partial charge in [-0.3, -0.25) is 4.90 Å². The summed E-state index contributed by atoms with van der Waals surface area (Å²) in [5.74, 6) is 0.977. The molecule has 0 spiro atoms. The molecule has 0 unspecified atom stereocenters. The van der Waals surface area contributed by atoms with Crippen molar-refractivity contribution in [1.29, 1.82) is 0 Å². The van der Waals surface area contributed by atoms with E-state index in [0.29, 0.717) is 6.04 Å². The van der Waals surface area contributed by atoms with Crippen LogP contribution in [0.15, 0.2) is 12.2 Å². The van der Waals surface area contributed by atoms with Crippen LogP contribution in [0.4, 0.5) is 0 Å². The predicted molar refractivity (Wildman–Crippen MR) is 61.9 cm³/mol. The third kappa shape index (κ3) is 2.66. The van der Waals surface area contributed by atoms with Crippen LogP contribution in [0, 0.1) is 0 Å². The van der Waals surface area contributed by atoms with Gasteiger partial charge in [-0.25, -0.2) is 4.68 Å². The van der Waals surface area contributed by atoms with Gasteiger partial charge in [0.1, 0.15) is 0 Å². The summed E-state index contributed by atoms with van der Waals surface area (Å²) < 4.78 is 1.97. The Kier molecular flexibility index (Phi) is 3.33. The van der Waals surface area contributed by atoms with Gasteiger partial charge in [0.05, 0.1) is 12.6 Å². The van der Waals surface area contributed by atoms with Crippen LogP contribution in [-0.4, -0.2) is 38.2 Å². The Morgan fingerprint density at radius 3 is 2.88 bits per heavy atom. The van der Waals surface area contributed by atoms with E-state index in [1.54, 1.807) is 0 Å². The van der Waals surface area contributed by atoms with Gasteiger partial charge in [-0.2, -0.15) is 0 Å². The lowest BCUT2D eigenvalue weighted by Gasteiger charge is -2.19. The molecular formula is C11H19N5. The van der Waals surface area contributed by atoms with E-state index in [1.807, 2.05) is 11.6 Å². The number of rotatable bonds is 6. The maximum Gasteiger partial charge on any atom is 0.165 e. The fourth-order valence-electron chi connectivity index (χ4n) is 1.78. The largest absolute Gasteiger partial charge is 0.292 e. The van der Waals surface area contributed by atoms with Crippen LogP contribution in [0.1, 0.15) is 38.6 Å². The first-order chi connectivity index (χ1) is 7.70. The zero-order valence-corrected chi connectivity index (χ0v) is 10.1. The van der Waals surface area contributed by atoms with Gasteiger partial charge in [0, 0.05) is 6.54 Å². The number of hydrogen-bond donors (Lipinski definition) is 0. The van der Waals surface area contributed by atoms with E-state index >= 15 is 0 Å². The first-order valence-electron chi connectivity index (χ1n) is 5.84. The van der Waals surface area contributed by atoms with Crippen LogP contribution in [0.3, 0.4) is 0 Å². The summed E-state index contributed by atoms with van der Waals surface area (Å²) >= 11 is 0. The SMILES string of the molecule is C=C(C)CN(CC)Cc1nnnn1C1CC1. The van der Waals surface area contributed by atoms with Crippen molar-refractivity contribution in [1.82, 2.24) is 25.1 Å². The number of hydrogen-bond acceptors (Lipinski definition) is 4. The van der Waals surface area contributed by atoms with Crippen LogP contribution in [0.25, 0.3) is 0 Å². The minimum Gasteiger partial charge on any atom is -0.292 e. The molecule has 1 saturated carbocycles. The van der Waals surface area contributed by atoms with Gasteiger partial charge in [0.15, 0.2) is 5.82 Å². The average Bonchev–Trinajstić information content (AvgIpc) is 2.98. The Balaban J connectivity index is 2.00. The fraction of sp³-hybridized carbons (Fsp3) is 0.727. The van der Waals surface area contributed by atoms with E-state index in [-0.39, 0.29) is 0 Å².